The van der Waals surface area contributed by atoms with E-state index in [1.54, 1.807) is 42.5 Å². The van der Waals surface area contributed by atoms with Crippen molar-refractivity contribution in [2.75, 3.05) is 24.7 Å². The Bertz CT molecular complexity index is 768. The fraction of sp³-hybridized carbons (Fsp3) is 0.263. The molecule has 5 nitrogen and oxygen atoms in total. The summed E-state index contributed by atoms with van der Waals surface area (Å²) in [5, 5.41) is 9.52. The van der Waals surface area contributed by atoms with Crippen LogP contribution >= 0.6 is 23.2 Å². The fourth-order valence-electron chi connectivity index (χ4n) is 2.28. The number of hydrogen-bond donors (Lipinski definition) is 0. The van der Waals surface area contributed by atoms with E-state index >= 15 is 0 Å². The van der Waals surface area contributed by atoms with Crippen LogP contribution in [0.5, 0.6) is 11.5 Å². The van der Waals surface area contributed by atoms with E-state index in [1.807, 2.05) is 13.0 Å². The van der Waals surface area contributed by atoms with E-state index in [1.165, 1.54) is 4.90 Å². The monoisotopic (exact) mass is 392 g/mol. The Morgan fingerprint density at radius 3 is 2.35 bits per heavy atom. The fourth-order valence-corrected chi connectivity index (χ4v) is 2.79. The van der Waals surface area contributed by atoms with Gasteiger partial charge in [-0.2, -0.15) is 5.26 Å². The maximum atomic E-state index is 12.6. The Hall–Kier alpha value is -2.42. The third-order valence-corrected chi connectivity index (χ3v) is 4.06. The molecule has 0 aliphatic carbocycles. The minimum atomic E-state index is -0.305. The summed E-state index contributed by atoms with van der Waals surface area (Å²) < 4.78 is 10.9. The molecule has 2 aromatic rings. The van der Waals surface area contributed by atoms with Crippen LogP contribution in [-0.2, 0) is 4.79 Å². The van der Waals surface area contributed by atoms with Crippen LogP contribution in [0.4, 0.5) is 5.69 Å². The molecule has 0 fully saturated rings. The van der Waals surface area contributed by atoms with Crippen molar-refractivity contribution in [1.82, 2.24) is 0 Å². The van der Waals surface area contributed by atoms with Crippen LogP contribution in [0, 0.1) is 11.3 Å². The molecule has 0 aliphatic heterocycles. The summed E-state index contributed by atoms with van der Waals surface area (Å²) in [6.07, 6.45) is 0.200. The third kappa shape index (κ3) is 5.29. The van der Waals surface area contributed by atoms with Gasteiger partial charge < -0.3 is 14.4 Å². The van der Waals surface area contributed by atoms with Crippen LogP contribution in [0.15, 0.2) is 42.5 Å². The number of rotatable bonds is 8. The van der Waals surface area contributed by atoms with E-state index in [0.717, 1.165) is 0 Å². The third-order valence-electron chi connectivity index (χ3n) is 3.47. The van der Waals surface area contributed by atoms with Gasteiger partial charge in [0.05, 0.1) is 29.1 Å². The van der Waals surface area contributed by atoms with Gasteiger partial charge in [0.25, 0.3) is 5.91 Å². The van der Waals surface area contributed by atoms with E-state index in [2.05, 4.69) is 0 Å². The van der Waals surface area contributed by atoms with Gasteiger partial charge in [0.2, 0.25) is 0 Å². The van der Waals surface area contributed by atoms with Gasteiger partial charge in [0.1, 0.15) is 5.75 Å². The molecule has 136 valence electrons. The normalized spacial score (nSPS) is 10.1. The molecule has 0 aliphatic rings. The summed E-state index contributed by atoms with van der Waals surface area (Å²) in [5.74, 6) is 0.666. The van der Waals surface area contributed by atoms with Crippen molar-refractivity contribution in [3.8, 4) is 17.6 Å². The highest BCUT2D eigenvalue weighted by atomic mass is 35.5. The van der Waals surface area contributed by atoms with Gasteiger partial charge >= 0.3 is 0 Å². The van der Waals surface area contributed by atoms with Crippen LogP contribution in [0.3, 0.4) is 0 Å². The Labute approximate surface area is 162 Å². The highest BCUT2D eigenvalue weighted by molar-refractivity contribution is 6.37. The van der Waals surface area contributed by atoms with Crippen LogP contribution in [0.1, 0.15) is 13.3 Å². The molecule has 0 aromatic heterocycles. The molecule has 0 bridgehead atoms. The minimum absolute atomic E-state index is 0.200. The molecular weight excluding hydrogens is 375 g/mol. The number of benzene rings is 2. The van der Waals surface area contributed by atoms with Crippen LogP contribution in [0.25, 0.3) is 0 Å². The lowest BCUT2D eigenvalue weighted by Crippen LogP contribution is -2.35. The molecule has 26 heavy (non-hydrogen) atoms. The van der Waals surface area contributed by atoms with E-state index in [4.69, 9.17) is 37.9 Å². The maximum absolute atomic E-state index is 12.6. The lowest BCUT2D eigenvalue weighted by atomic mass is 10.2. The Morgan fingerprint density at radius 2 is 1.77 bits per heavy atom. The predicted molar refractivity (Wildman–Crippen MR) is 102 cm³/mol. The molecule has 0 radical (unpaired) electrons. The highest BCUT2D eigenvalue weighted by Gasteiger charge is 2.18. The van der Waals surface area contributed by atoms with Gasteiger partial charge in [-0.1, -0.05) is 29.3 Å². The summed E-state index contributed by atoms with van der Waals surface area (Å²) in [7, 11) is 0. The SMILES string of the molecule is CCOc1ccc(N(CCC#N)C(=O)COc2c(Cl)cccc2Cl)cc1. The van der Waals surface area contributed by atoms with Crippen LogP contribution < -0.4 is 14.4 Å². The molecule has 1 amide bonds. The number of nitrogens with zero attached hydrogens (tertiary/aromatic N) is 2. The van der Waals surface area contributed by atoms with Crippen molar-refractivity contribution < 1.29 is 14.3 Å². The van der Waals surface area contributed by atoms with Gasteiger partial charge in [-0.05, 0) is 43.3 Å². The second-order valence-corrected chi connectivity index (χ2v) is 6.03. The molecule has 2 aromatic carbocycles. The number of hydrogen-bond acceptors (Lipinski definition) is 4. The Kier molecular flexibility index (Phi) is 7.58. The number of ether oxygens (including phenoxy) is 2. The quantitative estimate of drug-likeness (QED) is 0.651. The highest BCUT2D eigenvalue weighted by Crippen LogP contribution is 2.32. The molecule has 0 N–H and O–H groups in total. The summed E-state index contributed by atoms with van der Waals surface area (Å²) >= 11 is 12.1. The first-order valence-electron chi connectivity index (χ1n) is 8.03. The zero-order chi connectivity index (χ0) is 18.9. The van der Waals surface area contributed by atoms with Gasteiger partial charge in [-0.15, -0.1) is 0 Å². The Balaban J connectivity index is 2.12. The van der Waals surface area contributed by atoms with E-state index in [9.17, 15) is 4.79 Å². The van der Waals surface area contributed by atoms with E-state index in [-0.39, 0.29) is 31.2 Å². The lowest BCUT2D eigenvalue weighted by molar-refractivity contribution is -0.120. The van der Waals surface area contributed by atoms with Gasteiger partial charge in [-0.25, -0.2) is 0 Å². The molecular formula is C19H18Cl2N2O3. The number of para-hydroxylation sites is 1. The number of halogens is 2. The molecule has 0 saturated heterocycles. The summed E-state index contributed by atoms with van der Waals surface area (Å²) in [4.78, 5) is 14.1. The van der Waals surface area contributed by atoms with Gasteiger partial charge in [0, 0.05) is 12.2 Å². The minimum Gasteiger partial charge on any atom is -0.494 e. The van der Waals surface area contributed by atoms with Crippen molar-refractivity contribution in [3.63, 3.8) is 0 Å². The van der Waals surface area contributed by atoms with Crippen molar-refractivity contribution >= 4 is 34.8 Å². The molecule has 0 atom stereocenters. The average molecular weight is 393 g/mol. The number of carbonyl (C=O) groups is 1. The maximum Gasteiger partial charge on any atom is 0.264 e. The zero-order valence-corrected chi connectivity index (χ0v) is 15.8. The average Bonchev–Trinajstić information content (AvgIpc) is 2.63. The first-order valence-corrected chi connectivity index (χ1v) is 8.79. The first kappa shape index (κ1) is 19.9. The second kappa shape index (κ2) is 9.91. The number of amides is 1. The largest absolute Gasteiger partial charge is 0.494 e. The summed E-state index contributed by atoms with van der Waals surface area (Å²) in [6.45, 7) is 2.46. The topological polar surface area (TPSA) is 62.6 Å². The van der Waals surface area contributed by atoms with E-state index in [0.29, 0.717) is 28.1 Å². The van der Waals surface area contributed by atoms with E-state index < -0.39 is 0 Å². The standard InChI is InChI=1S/C19H18Cl2N2O3/c1-2-25-15-9-7-14(8-10-15)23(12-4-11-22)18(24)13-26-19-16(20)5-3-6-17(19)21/h3,5-10H,2,4,12-13H2,1H3. The Morgan fingerprint density at radius 1 is 1.12 bits per heavy atom. The van der Waals surface area contributed by atoms with Crippen molar-refractivity contribution in [2.45, 2.75) is 13.3 Å². The molecule has 0 unspecified atom stereocenters. The molecule has 2 rings (SSSR count). The smallest absolute Gasteiger partial charge is 0.264 e. The van der Waals surface area contributed by atoms with Crippen molar-refractivity contribution in [1.29, 1.82) is 5.26 Å². The molecule has 0 spiro atoms. The van der Waals surface area contributed by atoms with Crippen LogP contribution in [-0.4, -0.2) is 25.7 Å². The molecule has 0 saturated carbocycles. The van der Waals surface area contributed by atoms with Gasteiger partial charge in [-0.3, -0.25) is 4.79 Å². The first-order chi connectivity index (χ1) is 12.6. The molecule has 7 heteroatoms. The number of anilines is 1. The predicted octanol–water partition coefficient (Wildman–Crippen LogP) is 4.72. The summed E-state index contributed by atoms with van der Waals surface area (Å²) in [5.41, 5.74) is 0.655. The second-order valence-electron chi connectivity index (χ2n) is 5.22. The zero-order valence-electron chi connectivity index (χ0n) is 14.2. The summed E-state index contributed by atoms with van der Waals surface area (Å²) in [6, 6.07) is 14.1. The lowest BCUT2D eigenvalue weighted by Gasteiger charge is -2.22. The number of carbonyl (C=O) groups excluding carboxylic acids is 1. The van der Waals surface area contributed by atoms with Crippen LogP contribution in [0.2, 0.25) is 10.0 Å². The molecule has 0 heterocycles. The van der Waals surface area contributed by atoms with Crippen molar-refractivity contribution in [3.05, 3.63) is 52.5 Å². The van der Waals surface area contributed by atoms with Crippen molar-refractivity contribution in [2.24, 2.45) is 0 Å². The number of nitriles is 1. The van der Waals surface area contributed by atoms with Gasteiger partial charge in [0.15, 0.2) is 12.4 Å².